The van der Waals surface area contributed by atoms with E-state index < -0.39 is 0 Å². The Bertz CT molecular complexity index is 172. The van der Waals surface area contributed by atoms with Crippen LogP contribution in [0, 0.1) is 0 Å². The van der Waals surface area contributed by atoms with E-state index in [0.29, 0.717) is 0 Å². The number of hydrogen-bond acceptors (Lipinski definition) is 0. The van der Waals surface area contributed by atoms with Crippen LogP contribution in [0.1, 0.15) is 0 Å². The SMILES string of the molecule is Bc1ccccc1Br.O.O. The van der Waals surface area contributed by atoms with E-state index in [-0.39, 0.29) is 11.0 Å². The molecule has 2 nitrogen and oxygen atoms in total. The molecule has 10 heavy (non-hydrogen) atoms. The molecule has 0 aromatic heterocycles. The van der Waals surface area contributed by atoms with Crippen LogP contribution in [0.4, 0.5) is 0 Å². The van der Waals surface area contributed by atoms with Gasteiger partial charge in [-0.15, -0.1) is 0 Å². The topological polar surface area (TPSA) is 63.0 Å². The Labute approximate surface area is 69.4 Å². The molecule has 0 atom stereocenters. The lowest BCUT2D eigenvalue weighted by atomic mass is 9.97. The molecule has 0 radical (unpaired) electrons. The Hall–Kier alpha value is -0.315. The molecular formula is C6H10BBrO2. The first kappa shape index (κ1) is 12.4. The Morgan fingerprint density at radius 3 is 1.90 bits per heavy atom. The predicted octanol–water partition coefficient (Wildman–Crippen LogP) is -0.942. The van der Waals surface area contributed by atoms with E-state index in [2.05, 4.69) is 29.8 Å². The highest BCUT2D eigenvalue weighted by Crippen LogP contribution is 2.02. The second kappa shape index (κ2) is 5.47. The first-order chi connectivity index (χ1) is 3.80. The maximum atomic E-state index is 3.40. The van der Waals surface area contributed by atoms with Gasteiger partial charge in [0.2, 0.25) is 0 Å². The van der Waals surface area contributed by atoms with Crippen molar-refractivity contribution >= 4 is 29.2 Å². The van der Waals surface area contributed by atoms with E-state index in [1.54, 1.807) is 0 Å². The zero-order valence-corrected chi connectivity index (χ0v) is 7.27. The molecule has 0 amide bonds. The van der Waals surface area contributed by atoms with Gasteiger partial charge in [0.05, 0.1) is 0 Å². The molecule has 0 aliphatic heterocycles. The Morgan fingerprint density at radius 1 is 1.10 bits per heavy atom. The van der Waals surface area contributed by atoms with Gasteiger partial charge < -0.3 is 11.0 Å². The number of hydrogen-bond donors (Lipinski definition) is 0. The third-order valence-electron chi connectivity index (χ3n) is 1.08. The molecule has 56 valence electrons. The van der Waals surface area contributed by atoms with Crippen molar-refractivity contribution in [2.75, 3.05) is 0 Å². The van der Waals surface area contributed by atoms with E-state index in [4.69, 9.17) is 0 Å². The number of benzene rings is 1. The van der Waals surface area contributed by atoms with Gasteiger partial charge in [0.25, 0.3) is 0 Å². The maximum absolute atomic E-state index is 3.40. The lowest BCUT2D eigenvalue weighted by molar-refractivity contribution is 0.823. The molecule has 0 saturated carbocycles. The number of halogens is 1. The van der Waals surface area contributed by atoms with Gasteiger partial charge in [0, 0.05) is 4.47 Å². The van der Waals surface area contributed by atoms with E-state index >= 15 is 0 Å². The van der Waals surface area contributed by atoms with Crippen LogP contribution < -0.4 is 5.46 Å². The molecule has 0 heterocycles. The smallest absolute Gasteiger partial charge is 0.140 e. The van der Waals surface area contributed by atoms with Gasteiger partial charge in [-0.25, -0.2) is 0 Å². The van der Waals surface area contributed by atoms with Crippen LogP contribution in [0.15, 0.2) is 28.7 Å². The second-order valence-corrected chi connectivity index (χ2v) is 2.60. The minimum absolute atomic E-state index is 0. The Balaban J connectivity index is 0. The molecule has 0 bridgehead atoms. The Kier molecular flexibility index (Phi) is 6.76. The fourth-order valence-corrected chi connectivity index (χ4v) is 0.836. The van der Waals surface area contributed by atoms with Crippen molar-refractivity contribution in [1.29, 1.82) is 0 Å². The summed E-state index contributed by atoms with van der Waals surface area (Å²) in [7, 11) is 2.07. The number of rotatable bonds is 0. The molecule has 4 N–H and O–H groups in total. The third-order valence-corrected chi connectivity index (χ3v) is 1.97. The molecule has 0 aliphatic rings. The van der Waals surface area contributed by atoms with E-state index in [9.17, 15) is 0 Å². The van der Waals surface area contributed by atoms with Gasteiger partial charge >= 0.3 is 0 Å². The average Bonchev–Trinajstić information content (AvgIpc) is 1.77. The van der Waals surface area contributed by atoms with Crippen LogP contribution >= 0.6 is 15.9 Å². The molecule has 4 heteroatoms. The highest BCUT2D eigenvalue weighted by Gasteiger charge is 1.86. The van der Waals surface area contributed by atoms with Crippen LogP contribution in [0.5, 0.6) is 0 Å². The summed E-state index contributed by atoms with van der Waals surface area (Å²) < 4.78 is 1.18. The van der Waals surface area contributed by atoms with Crippen molar-refractivity contribution in [3.05, 3.63) is 28.7 Å². The van der Waals surface area contributed by atoms with Crippen LogP contribution in [-0.2, 0) is 0 Å². The maximum Gasteiger partial charge on any atom is 0.140 e. The van der Waals surface area contributed by atoms with E-state index in [0.717, 1.165) is 0 Å². The van der Waals surface area contributed by atoms with Crippen molar-refractivity contribution in [3.63, 3.8) is 0 Å². The van der Waals surface area contributed by atoms with E-state index in [1.807, 2.05) is 18.2 Å². The minimum atomic E-state index is 0. The summed E-state index contributed by atoms with van der Waals surface area (Å²) in [6.07, 6.45) is 0. The van der Waals surface area contributed by atoms with Gasteiger partial charge in [0.1, 0.15) is 7.85 Å². The summed E-state index contributed by atoms with van der Waals surface area (Å²) >= 11 is 3.40. The molecule has 0 spiro atoms. The summed E-state index contributed by atoms with van der Waals surface area (Å²) in [5.74, 6) is 0. The lowest BCUT2D eigenvalue weighted by Crippen LogP contribution is -2.01. The fraction of sp³-hybridized carbons (Fsp3) is 0. The monoisotopic (exact) mass is 204 g/mol. The molecular weight excluding hydrogens is 195 g/mol. The van der Waals surface area contributed by atoms with Crippen molar-refractivity contribution in [3.8, 4) is 0 Å². The largest absolute Gasteiger partial charge is 0.412 e. The molecule has 0 unspecified atom stereocenters. The Morgan fingerprint density at radius 2 is 1.60 bits per heavy atom. The normalized spacial score (nSPS) is 7.30. The standard InChI is InChI=1S/C6H6BBr.2H2O/c7-5-3-1-2-4-6(5)8;;/h1-4H,7H2;2*1H2. The summed E-state index contributed by atoms with van der Waals surface area (Å²) in [5, 5.41) is 0. The first-order valence-electron chi connectivity index (χ1n) is 2.52. The summed E-state index contributed by atoms with van der Waals surface area (Å²) in [4.78, 5) is 0. The van der Waals surface area contributed by atoms with Crippen molar-refractivity contribution in [2.45, 2.75) is 0 Å². The quantitative estimate of drug-likeness (QED) is 0.490. The molecule has 1 aromatic rings. The summed E-state index contributed by atoms with van der Waals surface area (Å²) in [5.41, 5.74) is 1.28. The fourth-order valence-electron chi connectivity index (χ4n) is 0.551. The zero-order valence-electron chi connectivity index (χ0n) is 5.69. The molecule has 0 aliphatic carbocycles. The third kappa shape index (κ3) is 3.01. The minimum Gasteiger partial charge on any atom is -0.412 e. The molecule has 0 saturated heterocycles. The zero-order chi connectivity index (χ0) is 5.98. The van der Waals surface area contributed by atoms with Crippen molar-refractivity contribution in [1.82, 2.24) is 0 Å². The van der Waals surface area contributed by atoms with Crippen LogP contribution in [0.2, 0.25) is 0 Å². The molecule has 1 rings (SSSR count). The molecule has 0 fully saturated rings. The predicted molar refractivity (Wildman–Crippen MR) is 49.5 cm³/mol. The van der Waals surface area contributed by atoms with Gasteiger partial charge in [0.15, 0.2) is 0 Å². The van der Waals surface area contributed by atoms with Gasteiger partial charge in [-0.05, 0) is 6.07 Å². The average molecular weight is 205 g/mol. The van der Waals surface area contributed by atoms with Crippen molar-refractivity contribution < 1.29 is 11.0 Å². The van der Waals surface area contributed by atoms with Crippen LogP contribution in [0.3, 0.4) is 0 Å². The van der Waals surface area contributed by atoms with E-state index in [1.165, 1.54) is 9.94 Å². The van der Waals surface area contributed by atoms with Crippen LogP contribution in [0.25, 0.3) is 0 Å². The lowest BCUT2D eigenvalue weighted by Gasteiger charge is -1.91. The second-order valence-electron chi connectivity index (χ2n) is 1.75. The van der Waals surface area contributed by atoms with Crippen molar-refractivity contribution in [2.24, 2.45) is 0 Å². The summed E-state index contributed by atoms with van der Waals surface area (Å²) in [6, 6.07) is 8.15. The van der Waals surface area contributed by atoms with Gasteiger partial charge in [-0.1, -0.05) is 39.6 Å². The first-order valence-corrected chi connectivity index (χ1v) is 3.31. The highest BCUT2D eigenvalue weighted by molar-refractivity contribution is 9.10. The highest BCUT2D eigenvalue weighted by atomic mass is 79.9. The summed E-state index contributed by atoms with van der Waals surface area (Å²) in [6.45, 7) is 0. The van der Waals surface area contributed by atoms with Crippen LogP contribution in [-0.4, -0.2) is 18.8 Å². The molecule has 1 aromatic carbocycles. The van der Waals surface area contributed by atoms with Gasteiger partial charge in [-0.2, -0.15) is 0 Å². The van der Waals surface area contributed by atoms with Gasteiger partial charge in [-0.3, -0.25) is 0 Å².